The Morgan fingerprint density at radius 1 is 0.867 bits per heavy atom. The third-order valence-electron chi connectivity index (χ3n) is 5.18. The molecule has 0 N–H and O–H groups in total. The summed E-state index contributed by atoms with van der Waals surface area (Å²) in [5.41, 5.74) is 1.36. The lowest BCUT2D eigenvalue weighted by Crippen LogP contribution is -2.40. The van der Waals surface area contributed by atoms with Crippen LogP contribution >= 0.6 is 0 Å². The van der Waals surface area contributed by atoms with Gasteiger partial charge in [-0.15, -0.1) is 0 Å². The van der Waals surface area contributed by atoms with Gasteiger partial charge in [0.05, 0.1) is 30.0 Å². The molecule has 2 aromatic rings. The Kier molecular flexibility index (Phi) is 5.11. The molecule has 2 aliphatic heterocycles. The van der Waals surface area contributed by atoms with E-state index in [1.165, 1.54) is 0 Å². The third kappa shape index (κ3) is 3.59. The predicted octanol–water partition coefficient (Wildman–Crippen LogP) is 3.63. The maximum atomic E-state index is 13.3. The van der Waals surface area contributed by atoms with Gasteiger partial charge in [0.2, 0.25) is 0 Å². The molecule has 1 fully saturated rings. The molecule has 2 heterocycles. The third-order valence-corrected chi connectivity index (χ3v) is 5.18. The van der Waals surface area contributed by atoms with Crippen LogP contribution in [0.3, 0.4) is 0 Å². The molecule has 5 nitrogen and oxygen atoms in total. The van der Waals surface area contributed by atoms with Gasteiger partial charge < -0.3 is 9.64 Å². The maximum absolute atomic E-state index is 13.3. The molecule has 8 heteroatoms. The van der Waals surface area contributed by atoms with Crippen molar-refractivity contribution in [3.8, 4) is 0 Å². The summed E-state index contributed by atoms with van der Waals surface area (Å²) >= 11 is 0. The van der Waals surface area contributed by atoms with Gasteiger partial charge in [0.1, 0.15) is 5.70 Å². The lowest BCUT2D eigenvalue weighted by Gasteiger charge is -2.29. The smallest absolute Gasteiger partial charge is 0.378 e. The van der Waals surface area contributed by atoms with E-state index in [9.17, 15) is 22.8 Å². The van der Waals surface area contributed by atoms with E-state index in [1.54, 1.807) is 12.1 Å². The first-order chi connectivity index (χ1) is 14.3. The minimum atomic E-state index is -4.50. The van der Waals surface area contributed by atoms with E-state index in [0.717, 1.165) is 34.7 Å². The summed E-state index contributed by atoms with van der Waals surface area (Å²) in [5, 5.41) is 0. The number of morpholine rings is 1. The van der Waals surface area contributed by atoms with Gasteiger partial charge in [-0.05, 0) is 36.8 Å². The van der Waals surface area contributed by atoms with Gasteiger partial charge in [0.25, 0.3) is 11.8 Å². The second-order valence-electron chi connectivity index (χ2n) is 7.18. The molecule has 2 amide bonds. The normalized spacial score (nSPS) is 17.9. The Balaban J connectivity index is 1.77. The Morgan fingerprint density at radius 2 is 1.47 bits per heavy atom. The highest BCUT2D eigenvalue weighted by Gasteiger charge is 2.43. The average Bonchev–Trinajstić information content (AvgIpc) is 2.99. The van der Waals surface area contributed by atoms with E-state index in [0.29, 0.717) is 31.9 Å². The highest BCUT2D eigenvalue weighted by atomic mass is 19.4. The lowest BCUT2D eigenvalue weighted by molar-refractivity contribution is -0.137. The van der Waals surface area contributed by atoms with E-state index in [-0.39, 0.29) is 17.0 Å². The van der Waals surface area contributed by atoms with Crippen molar-refractivity contribution in [2.45, 2.75) is 13.1 Å². The summed E-state index contributed by atoms with van der Waals surface area (Å²) < 4.78 is 44.0. The van der Waals surface area contributed by atoms with Crippen molar-refractivity contribution >= 4 is 23.1 Å². The minimum absolute atomic E-state index is 0.103. The van der Waals surface area contributed by atoms with Gasteiger partial charge in [-0.3, -0.25) is 9.59 Å². The molecule has 0 aromatic heterocycles. The number of carbonyl (C=O) groups excluding carboxylic acids is 2. The molecule has 0 radical (unpaired) electrons. The first-order valence-corrected chi connectivity index (χ1v) is 9.47. The van der Waals surface area contributed by atoms with Crippen LogP contribution in [0.2, 0.25) is 0 Å². The molecular formula is C22H19F3N2O3. The number of nitrogens with zero attached hydrogens (tertiary/aromatic N) is 2. The molecule has 0 saturated carbocycles. The van der Waals surface area contributed by atoms with E-state index in [1.807, 2.05) is 24.0 Å². The van der Waals surface area contributed by atoms with Crippen LogP contribution in [-0.4, -0.2) is 43.0 Å². The SMILES string of the molecule is Cc1ccc(C2=C(N3CCOCC3)C(=O)N(c3ccc(C(F)(F)F)cc3)C2=O)cc1. The number of halogens is 3. The van der Waals surface area contributed by atoms with Gasteiger partial charge in [-0.2, -0.15) is 13.2 Å². The second kappa shape index (κ2) is 7.60. The Labute approximate surface area is 171 Å². The Hall–Kier alpha value is -3.13. The first kappa shape index (κ1) is 20.2. The molecule has 0 aliphatic carbocycles. The highest BCUT2D eigenvalue weighted by molar-refractivity contribution is 6.45. The number of hydrogen-bond donors (Lipinski definition) is 0. The van der Waals surface area contributed by atoms with E-state index < -0.39 is 23.6 Å². The number of hydrogen-bond acceptors (Lipinski definition) is 4. The fourth-order valence-electron chi connectivity index (χ4n) is 3.61. The fourth-order valence-corrected chi connectivity index (χ4v) is 3.61. The second-order valence-corrected chi connectivity index (χ2v) is 7.18. The van der Waals surface area contributed by atoms with Crippen LogP contribution in [0, 0.1) is 6.92 Å². The topological polar surface area (TPSA) is 49.9 Å². The minimum Gasteiger partial charge on any atom is -0.378 e. The van der Waals surface area contributed by atoms with Gasteiger partial charge in [0, 0.05) is 13.1 Å². The summed E-state index contributed by atoms with van der Waals surface area (Å²) in [6, 6.07) is 11.3. The van der Waals surface area contributed by atoms with Crippen LogP contribution in [0.15, 0.2) is 54.2 Å². The van der Waals surface area contributed by atoms with Crippen molar-refractivity contribution in [1.82, 2.24) is 4.90 Å². The van der Waals surface area contributed by atoms with Crippen LogP contribution in [-0.2, 0) is 20.5 Å². The van der Waals surface area contributed by atoms with Gasteiger partial charge >= 0.3 is 6.18 Å². The van der Waals surface area contributed by atoms with Crippen molar-refractivity contribution < 1.29 is 27.5 Å². The molecule has 2 aromatic carbocycles. The molecule has 0 atom stereocenters. The van der Waals surface area contributed by atoms with E-state index in [4.69, 9.17) is 4.74 Å². The molecule has 156 valence electrons. The standard InChI is InChI=1S/C22H19F3N2O3/c1-14-2-4-15(5-3-14)18-19(26-10-12-30-13-11-26)21(29)27(20(18)28)17-8-6-16(7-9-17)22(23,24)25/h2-9H,10-13H2,1H3. The van der Waals surface area contributed by atoms with Gasteiger partial charge in [0.15, 0.2) is 0 Å². The van der Waals surface area contributed by atoms with Crippen molar-refractivity contribution in [1.29, 1.82) is 0 Å². The molecule has 2 aliphatic rings. The van der Waals surface area contributed by atoms with Crippen molar-refractivity contribution in [2.75, 3.05) is 31.2 Å². The summed E-state index contributed by atoms with van der Waals surface area (Å²) in [6.07, 6.45) is -4.50. The maximum Gasteiger partial charge on any atom is 0.416 e. The number of imide groups is 1. The number of amides is 2. The zero-order valence-corrected chi connectivity index (χ0v) is 16.2. The quantitative estimate of drug-likeness (QED) is 0.717. The fraction of sp³-hybridized carbons (Fsp3) is 0.273. The van der Waals surface area contributed by atoms with Crippen molar-refractivity contribution in [2.24, 2.45) is 0 Å². The number of benzene rings is 2. The Bertz CT molecular complexity index is 1010. The molecule has 1 saturated heterocycles. The van der Waals surface area contributed by atoms with Crippen molar-refractivity contribution in [3.05, 3.63) is 70.9 Å². The van der Waals surface area contributed by atoms with Crippen LogP contribution < -0.4 is 4.90 Å². The molecule has 0 spiro atoms. The number of alkyl halides is 3. The van der Waals surface area contributed by atoms with E-state index >= 15 is 0 Å². The summed E-state index contributed by atoms with van der Waals surface area (Å²) in [5.74, 6) is -1.10. The zero-order chi connectivity index (χ0) is 21.5. The summed E-state index contributed by atoms with van der Waals surface area (Å²) in [7, 11) is 0. The molecule has 0 bridgehead atoms. The molecule has 30 heavy (non-hydrogen) atoms. The van der Waals surface area contributed by atoms with Gasteiger partial charge in [-0.1, -0.05) is 29.8 Å². The number of carbonyl (C=O) groups is 2. The monoisotopic (exact) mass is 416 g/mol. The number of anilines is 1. The first-order valence-electron chi connectivity index (χ1n) is 9.47. The number of aryl methyl sites for hydroxylation is 1. The van der Waals surface area contributed by atoms with Crippen LogP contribution in [0.5, 0.6) is 0 Å². The molecule has 4 rings (SSSR count). The molecular weight excluding hydrogens is 397 g/mol. The average molecular weight is 416 g/mol. The predicted molar refractivity (Wildman–Crippen MR) is 104 cm³/mol. The van der Waals surface area contributed by atoms with Crippen LogP contribution in [0.4, 0.5) is 18.9 Å². The summed E-state index contributed by atoms with van der Waals surface area (Å²) in [4.78, 5) is 29.3. The summed E-state index contributed by atoms with van der Waals surface area (Å²) in [6.45, 7) is 3.66. The largest absolute Gasteiger partial charge is 0.416 e. The Morgan fingerprint density at radius 3 is 2.03 bits per heavy atom. The zero-order valence-electron chi connectivity index (χ0n) is 16.2. The number of rotatable bonds is 3. The van der Waals surface area contributed by atoms with E-state index in [2.05, 4.69) is 0 Å². The van der Waals surface area contributed by atoms with Gasteiger partial charge in [-0.25, -0.2) is 4.90 Å². The van der Waals surface area contributed by atoms with Crippen molar-refractivity contribution in [3.63, 3.8) is 0 Å². The molecule has 0 unspecified atom stereocenters. The number of ether oxygens (including phenoxy) is 1. The van der Waals surface area contributed by atoms with Crippen LogP contribution in [0.25, 0.3) is 5.57 Å². The lowest BCUT2D eigenvalue weighted by atomic mass is 10.0. The highest BCUT2D eigenvalue weighted by Crippen LogP contribution is 2.36. The van der Waals surface area contributed by atoms with Crippen LogP contribution in [0.1, 0.15) is 16.7 Å².